The maximum Gasteiger partial charge on any atom is 0.253 e. The van der Waals surface area contributed by atoms with Gasteiger partial charge in [0.2, 0.25) is 0 Å². The van der Waals surface area contributed by atoms with E-state index in [-0.39, 0.29) is 11.7 Å². The molecule has 1 aliphatic rings. The summed E-state index contributed by atoms with van der Waals surface area (Å²) in [6.45, 7) is 2.35. The summed E-state index contributed by atoms with van der Waals surface area (Å²) in [6, 6.07) is 14.1. The van der Waals surface area contributed by atoms with Crippen molar-refractivity contribution in [3.05, 3.63) is 66.2 Å². The van der Waals surface area contributed by atoms with E-state index in [9.17, 15) is 9.18 Å². The lowest BCUT2D eigenvalue weighted by Crippen LogP contribution is -2.39. The zero-order chi connectivity index (χ0) is 17.2. The first-order valence-electron chi connectivity index (χ1n) is 8.65. The Kier molecular flexibility index (Phi) is 4.22. The highest BCUT2D eigenvalue weighted by atomic mass is 19.1. The number of rotatable bonds is 3. The lowest BCUT2D eigenvalue weighted by molar-refractivity contribution is 0.0683. The van der Waals surface area contributed by atoms with Gasteiger partial charge in [0.1, 0.15) is 5.82 Å². The fraction of sp³-hybridized carbons (Fsp3) is 0.300. The predicted molar refractivity (Wildman–Crippen MR) is 94.8 cm³/mol. The minimum Gasteiger partial charge on any atom is -0.339 e. The Hall–Kier alpha value is -2.69. The lowest BCUT2D eigenvalue weighted by atomic mass is 9.96. The topological polar surface area (TPSA) is 38.1 Å². The molecule has 4 nitrogen and oxygen atoms in total. The van der Waals surface area contributed by atoms with Crippen molar-refractivity contribution in [2.75, 3.05) is 13.1 Å². The van der Waals surface area contributed by atoms with E-state index in [1.54, 1.807) is 12.1 Å². The van der Waals surface area contributed by atoms with Gasteiger partial charge >= 0.3 is 0 Å². The summed E-state index contributed by atoms with van der Waals surface area (Å²) < 4.78 is 15.5. The molecular weight excluding hydrogens is 317 g/mol. The van der Waals surface area contributed by atoms with Crippen LogP contribution in [0.25, 0.3) is 11.0 Å². The van der Waals surface area contributed by atoms with Crippen LogP contribution in [0.5, 0.6) is 0 Å². The van der Waals surface area contributed by atoms with Crippen molar-refractivity contribution in [1.29, 1.82) is 0 Å². The molecule has 0 saturated carbocycles. The minimum atomic E-state index is -0.368. The van der Waals surface area contributed by atoms with Crippen LogP contribution in [0, 0.1) is 11.7 Å². The number of hydrogen-bond donors (Lipinski definition) is 0. The summed E-state index contributed by atoms with van der Waals surface area (Å²) in [5.74, 6) is 0.0768. The average Bonchev–Trinajstić information content (AvgIpc) is 3.05. The van der Waals surface area contributed by atoms with Gasteiger partial charge in [-0.15, -0.1) is 0 Å². The van der Waals surface area contributed by atoms with Gasteiger partial charge in [0.05, 0.1) is 17.4 Å². The largest absolute Gasteiger partial charge is 0.339 e. The van der Waals surface area contributed by atoms with Crippen LogP contribution < -0.4 is 0 Å². The molecule has 1 aromatic heterocycles. The van der Waals surface area contributed by atoms with Crippen LogP contribution in [-0.2, 0) is 6.54 Å². The van der Waals surface area contributed by atoms with Crippen LogP contribution in [0.3, 0.4) is 0 Å². The van der Waals surface area contributed by atoms with E-state index in [0.29, 0.717) is 24.6 Å². The second-order valence-corrected chi connectivity index (χ2v) is 6.63. The molecule has 1 amide bonds. The standard InChI is InChI=1S/C20H20FN3O/c21-17-5-3-4-16(12-17)20(25)23-10-8-15(9-11-23)13-24-14-22-18-6-1-2-7-19(18)24/h1-7,12,14-15H,8-11,13H2. The quantitative estimate of drug-likeness (QED) is 0.730. The number of halogens is 1. The number of carbonyl (C=O) groups is 1. The van der Waals surface area contributed by atoms with Gasteiger partial charge in [0.15, 0.2) is 0 Å². The monoisotopic (exact) mass is 337 g/mol. The molecule has 0 aliphatic carbocycles. The Morgan fingerprint density at radius 1 is 1.12 bits per heavy atom. The summed E-state index contributed by atoms with van der Waals surface area (Å²) in [7, 11) is 0. The first kappa shape index (κ1) is 15.8. The summed E-state index contributed by atoms with van der Waals surface area (Å²) in [6.07, 6.45) is 3.80. The second-order valence-electron chi connectivity index (χ2n) is 6.63. The number of aromatic nitrogens is 2. The summed E-state index contributed by atoms with van der Waals surface area (Å²) in [4.78, 5) is 18.8. The normalized spacial score (nSPS) is 15.6. The minimum absolute atomic E-state index is 0.0777. The highest BCUT2D eigenvalue weighted by Gasteiger charge is 2.24. The number of fused-ring (bicyclic) bond motifs is 1. The van der Waals surface area contributed by atoms with Gasteiger partial charge in [-0.25, -0.2) is 9.37 Å². The lowest BCUT2D eigenvalue weighted by Gasteiger charge is -2.32. The van der Waals surface area contributed by atoms with Crippen LogP contribution in [0.4, 0.5) is 4.39 Å². The summed E-state index contributed by atoms with van der Waals surface area (Å²) >= 11 is 0. The number of amides is 1. The van der Waals surface area contributed by atoms with Gasteiger partial charge in [0.25, 0.3) is 5.91 Å². The maximum absolute atomic E-state index is 13.3. The molecule has 1 aliphatic heterocycles. The number of hydrogen-bond acceptors (Lipinski definition) is 2. The fourth-order valence-electron chi connectivity index (χ4n) is 3.56. The third kappa shape index (κ3) is 3.27. The van der Waals surface area contributed by atoms with Crippen molar-refractivity contribution in [2.45, 2.75) is 19.4 Å². The van der Waals surface area contributed by atoms with Crippen molar-refractivity contribution in [2.24, 2.45) is 5.92 Å². The number of benzene rings is 2. The van der Waals surface area contributed by atoms with E-state index in [2.05, 4.69) is 15.6 Å². The van der Waals surface area contributed by atoms with Gasteiger partial charge in [-0.05, 0) is 49.1 Å². The molecule has 3 aromatic rings. The smallest absolute Gasteiger partial charge is 0.253 e. The number of para-hydroxylation sites is 2. The van der Waals surface area contributed by atoms with E-state index in [4.69, 9.17) is 0 Å². The zero-order valence-corrected chi connectivity index (χ0v) is 13.9. The third-order valence-electron chi connectivity index (χ3n) is 4.96. The van der Waals surface area contributed by atoms with E-state index in [1.165, 1.54) is 12.1 Å². The molecule has 0 spiro atoms. The van der Waals surface area contributed by atoms with Gasteiger partial charge in [0, 0.05) is 25.2 Å². The van der Waals surface area contributed by atoms with Crippen molar-refractivity contribution >= 4 is 16.9 Å². The molecule has 0 bridgehead atoms. The van der Waals surface area contributed by atoms with Crippen LogP contribution in [-0.4, -0.2) is 33.4 Å². The Bertz CT molecular complexity index is 897. The molecule has 2 heterocycles. The molecule has 0 atom stereocenters. The molecule has 0 N–H and O–H groups in total. The molecule has 0 radical (unpaired) electrons. The van der Waals surface area contributed by atoms with Crippen molar-refractivity contribution in [3.63, 3.8) is 0 Å². The van der Waals surface area contributed by atoms with E-state index < -0.39 is 0 Å². The zero-order valence-electron chi connectivity index (χ0n) is 13.9. The molecule has 5 heteroatoms. The van der Waals surface area contributed by atoms with Crippen LogP contribution in [0.15, 0.2) is 54.9 Å². The van der Waals surface area contributed by atoms with Crippen molar-refractivity contribution in [3.8, 4) is 0 Å². The Balaban J connectivity index is 1.39. The molecule has 4 rings (SSSR count). The van der Waals surface area contributed by atoms with Gasteiger partial charge in [-0.2, -0.15) is 0 Å². The molecule has 25 heavy (non-hydrogen) atoms. The summed E-state index contributed by atoms with van der Waals surface area (Å²) in [5.41, 5.74) is 2.60. The number of carbonyl (C=O) groups excluding carboxylic acids is 1. The predicted octanol–water partition coefficient (Wildman–Crippen LogP) is 3.73. The number of imidazole rings is 1. The van der Waals surface area contributed by atoms with Gasteiger partial charge in [-0.1, -0.05) is 18.2 Å². The molecule has 1 saturated heterocycles. The van der Waals surface area contributed by atoms with Crippen molar-refractivity contribution < 1.29 is 9.18 Å². The highest BCUT2D eigenvalue weighted by molar-refractivity contribution is 5.94. The first-order valence-corrected chi connectivity index (χ1v) is 8.65. The number of piperidine rings is 1. The molecule has 1 fully saturated rings. The Labute approximate surface area is 145 Å². The third-order valence-corrected chi connectivity index (χ3v) is 4.96. The van der Waals surface area contributed by atoms with Crippen molar-refractivity contribution in [1.82, 2.24) is 14.5 Å². The van der Waals surface area contributed by atoms with Crippen LogP contribution in [0.1, 0.15) is 23.2 Å². The van der Waals surface area contributed by atoms with Gasteiger partial charge in [-0.3, -0.25) is 4.79 Å². The van der Waals surface area contributed by atoms with E-state index in [1.807, 2.05) is 29.4 Å². The first-order chi connectivity index (χ1) is 12.2. The Morgan fingerprint density at radius 3 is 2.72 bits per heavy atom. The average molecular weight is 337 g/mol. The molecular formula is C20H20FN3O. The van der Waals surface area contributed by atoms with E-state index >= 15 is 0 Å². The van der Waals surface area contributed by atoms with Crippen LogP contribution in [0.2, 0.25) is 0 Å². The molecule has 128 valence electrons. The number of nitrogens with zero attached hydrogens (tertiary/aromatic N) is 3. The Morgan fingerprint density at radius 2 is 1.92 bits per heavy atom. The second kappa shape index (κ2) is 6.67. The fourth-order valence-corrected chi connectivity index (χ4v) is 3.56. The SMILES string of the molecule is O=C(c1cccc(F)c1)N1CCC(Cn2cnc3ccccc32)CC1. The summed E-state index contributed by atoms with van der Waals surface area (Å²) in [5, 5.41) is 0. The maximum atomic E-state index is 13.3. The molecule has 0 unspecified atom stereocenters. The van der Waals surface area contributed by atoms with Crippen LogP contribution >= 0.6 is 0 Å². The molecule has 2 aromatic carbocycles. The number of likely N-dealkylation sites (tertiary alicyclic amines) is 1. The van der Waals surface area contributed by atoms with Gasteiger partial charge < -0.3 is 9.47 Å². The highest BCUT2D eigenvalue weighted by Crippen LogP contribution is 2.23. The van der Waals surface area contributed by atoms with E-state index in [0.717, 1.165) is 30.4 Å².